The van der Waals surface area contributed by atoms with E-state index >= 15 is 0 Å². The number of allylic oxidation sites excluding steroid dienone is 3. The maximum atomic E-state index is 11.7. The molecule has 2 rings (SSSR count). The van der Waals surface area contributed by atoms with Crippen molar-refractivity contribution in [3.63, 3.8) is 0 Å². The standard InChI is InChI=1S/2C11H16O4.C2H3F3O/c2*1-3-14-9(12)11(7-5-6-8-11)10(13)15-4-2;3-2(4,5)1-6/h5,7H,3-4,6,8H2,1-2H3;5-6H,3-4,7-8H2,1-2H3;6H,1H2. The minimum atomic E-state index is -4.40. The first kappa shape index (κ1) is 33.1. The summed E-state index contributed by atoms with van der Waals surface area (Å²) in [6, 6.07) is 0. The van der Waals surface area contributed by atoms with Crippen molar-refractivity contribution >= 4 is 23.9 Å². The van der Waals surface area contributed by atoms with E-state index in [0.717, 1.165) is 0 Å². The quantitative estimate of drug-likeness (QED) is 0.220. The Hall–Kier alpha value is -2.89. The lowest BCUT2D eigenvalue weighted by atomic mass is 9.85. The summed E-state index contributed by atoms with van der Waals surface area (Å²) < 4.78 is 51.2. The highest BCUT2D eigenvalue weighted by atomic mass is 19.4. The van der Waals surface area contributed by atoms with Crippen LogP contribution in [0.3, 0.4) is 0 Å². The van der Waals surface area contributed by atoms with Gasteiger partial charge >= 0.3 is 30.1 Å². The maximum Gasteiger partial charge on any atom is 0.411 e. The van der Waals surface area contributed by atoms with Crippen molar-refractivity contribution in [3.05, 3.63) is 24.3 Å². The van der Waals surface area contributed by atoms with E-state index in [-0.39, 0.29) is 26.4 Å². The molecule has 0 saturated heterocycles. The molecule has 0 aliphatic heterocycles. The molecule has 0 unspecified atom stereocenters. The Morgan fingerprint density at radius 3 is 1.39 bits per heavy atom. The highest BCUT2D eigenvalue weighted by molar-refractivity contribution is 6.03. The molecule has 0 aromatic carbocycles. The molecule has 2 aliphatic rings. The van der Waals surface area contributed by atoms with Gasteiger partial charge in [0.15, 0.2) is 10.8 Å². The van der Waals surface area contributed by atoms with Crippen molar-refractivity contribution < 1.29 is 56.4 Å². The first-order chi connectivity index (χ1) is 16.9. The third-order valence-corrected chi connectivity index (χ3v) is 5.00. The normalized spacial score (nSPS) is 16.6. The topological polar surface area (TPSA) is 125 Å². The first-order valence-electron chi connectivity index (χ1n) is 11.6. The second kappa shape index (κ2) is 16.0. The van der Waals surface area contributed by atoms with E-state index < -0.39 is 47.5 Å². The molecule has 0 aromatic heterocycles. The molecule has 0 amide bonds. The van der Waals surface area contributed by atoms with E-state index in [1.165, 1.54) is 0 Å². The Morgan fingerprint density at radius 2 is 1.11 bits per heavy atom. The fourth-order valence-electron chi connectivity index (χ4n) is 3.23. The van der Waals surface area contributed by atoms with E-state index in [2.05, 4.69) is 0 Å². The summed E-state index contributed by atoms with van der Waals surface area (Å²) in [6.45, 7) is 6.25. The zero-order valence-corrected chi connectivity index (χ0v) is 21.0. The number of esters is 4. The minimum absolute atomic E-state index is 0.272. The van der Waals surface area contributed by atoms with Crippen LogP contribution in [-0.2, 0) is 38.1 Å². The van der Waals surface area contributed by atoms with Crippen LogP contribution in [0.2, 0.25) is 0 Å². The second-order valence-electron chi connectivity index (χ2n) is 7.53. The molecule has 1 N–H and O–H groups in total. The molecule has 0 aromatic rings. The molecule has 0 fully saturated rings. The van der Waals surface area contributed by atoms with Crippen LogP contribution in [0, 0.1) is 10.8 Å². The first-order valence-corrected chi connectivity index (χ1v) is 11.6. The number of ether oxygens (including phenoxy) is 4. The van der Waals surface area contributed by atoms with E-state index in [0.29, 0.717) is 25.7 Å². The summed E-state index contributed by atoms with van der Waals surface area (Å²) in [7, 11) is 0. The van der Waals surface area contributed by atoms with Crippen molar-refractivity contribution in [2.45, 2.75) is 59.6 Å². The smallest absolute Gasteiger partial charge is 0.411 e. The molecular weight excluding hydrogens is 489 g/mol. The number of carbonyl (C=O) groups is 4. The number of alkyl halides is 3. The predicted molar refractivity (Wildman–Crippen MR) is 121 cm³/mol. The average molecular weight is 525 g/mol. The van der Waals surface area contributed by atoms with Gasteiger partial charge in [-0.05, 0) is 53.4 Å². The van der Waals surface area contributed by atoms with Gasteiger partial charge in [0, 0.05) is 0 Å². The Balaban J connectivity index is 0.000000558. The minimum Gasteiger partial charge on any atom is -0.465 e. The van der Waals surface area contributed by atoms with Crippen LogP contribution in [0.15, 0.2) is 24.3 Å². The molecule has 36 heavy (non-hydrogen) atoms. The number of aliphatic hydroxyl groups excluding tert-OH is 1. The van der Waals surface area contributed by atoms with Gasteiger partial charge in [-0.2, -0.15) is 13.2 Å². The Bertz CT molecular complexity index is 742. The molecule has 9 nitrogen and oxygen atoms in total. The summed E-state index contributed by atoms with van der Waals surface area (Å²) in [5.74, 6) is -1.96. The van der Waals surface area contributed by atoms with Gasteiger partial charge in [-0.15, -0.1) is 0 Å². The molecule has 206 valence electrons. The Kier molecular flexibility index (Phi) is 14.7. The molecule has 0 atom stereocenters. The van der Waals surface area contributed by atoms with Crippen molar-refractivity contribution in [2.75, 3.05) is 33.0 Å². The molecule has 0 heterocycles. The Morgan fingerprint density at radius 1 is 0.750 bits per heavy atom. The van der Waals surface area contributed by atoms with Gasteiger partial charge in [0.25, 0.3) is 0 Å². The largest absolute Gasteiger partial charge is 0.465 e. The number of hydrogen-bond donors (Lipinski definition) is 1. The zero-order chi connectivity index (χ0) is 27.8. The fourth-order valence-corrected chi connectivity index (χ4v) is 3.23. The van der Waals surface area contributed by atoms with Crippen LogP contribution in [0.5, 0.6) is 0 Å². The van der Waals surface area contributed by atoms with E-state index in [9.17, 15) is 32.3 Å². The van der Waals surface area contributed by atoms with Gasteiger partial charge in [-0.3, -0.25) is 19.2 Å². The Labute approximate surface area is 208 Å². The lowest BCUT2D eigenvalue weighted by Crippen LogP contribution is -2.40. The second-order valence-corrected chi connectivity index (χ2v) is 7.53. The van der Waals surface area contributed by atoms with E-state index in [4.69, 9.17) is 24.1 Å². The number of carbonyl (C=O) groups excluding carboxylic acids is 4. The van der Waals surface area contributed by atoms with Gasteiger partial charge in [-0.1, -0.05) is 24.3 Å². The van der Waals surface area contributed by atoms with Crippen LogP contribution in [0.4, 0.5) is 13.2 Å². The summed E-state index contributed by atoms with van der Waals surface area (Å²) in [4.78, 5) is 46.9. The van der Waals surface area contributed by atoms with Crippen molar-refractivity contribution in [1.29, 1.82) is 0 Å². The van der Waals surface area contributed by atoms with Gasteiger partial charge < -0.3 is 24.1 Å². The van der Waals surface area contributed by atoms with Gasteiger partial charge in [0.1, 0.15) is 6.61 Å². The van der Waals surface area contributed by atoms with E-state index in [1.54, 1.807) is 33.8 Å². The van der Waals surface area contributed by atoms with Crippen molar-refractivity contribution in [3.8, 4) is 0 Å². The van der Waals surface area contributed by atoms with Crippen LogP contribution >= 0.6 is 0 Å². The molecule has 2 aliphatic carbocycles. The number of hydrogen-bond acceptors (Lipinski definition) is 9. The maximum absolute atomic E-state index is 11.7. The lowest BCUT2D eigenvalue weighted by Gasteiger charge is -2.23. The molecule has 0 radical (unpaired) electrons. The van der Waals surface area contributed by atoms with Gasteiger partial charge in [0.2, 0.25) is 0 Å². The summed E-state index contributed by atoms with van der Waals surface area (Å²) >= 11 is 0. The average Bonchev–Trinajstić information content (AvgIpc) is 3.52. The highest BCUT2D eigenvalue weighted by Gasteiger charge is 2.49. The van der Waals surface area contributed by atoms with Gasteiger partial charge in [0.05, 0.1) is 26.4 Å². The summed E-state index contributed by atoms with van der Waals surface area (Å²) in [5, 5.41) is 7.28. The third kappa shape index (κ3) is 9.63. The lowest BCUT2D eigenvalue weighted by molar-refractivity contribution is -0.171. The molecule has 0 saturated carbocycles. The van der Waals surface area contributed by atoms with Crippen molar-refractivity contribution in [1.82, 2.24) is 0 Å². The van der Waals surface area contributed by atoms with Crippen LogP contribution < -0.4 is 0 Å². The van der Waals surface area contributed by atoms with Crippen LogP contribution in [-0.4, -0.2) is 68.2 Å². The summed E-state index contributed by atoms with van der Waals surface area (Å²) in [6.07, 6.45) is 4.55. The summed E-state index contributed by atoms with van der Waals surface area (Å²) in [5.41, 5.74) is -2.31. The van der Waals surface area contributed by atoms with Crippen molar-refractivity contribution in [2.24, 2.45) is 10.8 Å². The monoisotopic (exact) mass is 524 g/mol. The fraction of sp³-hybridized carbons (Fsp3) is 0.667. The molecule has 0 spiro atoms. The molecular formula is C24H35F3O9. The molecule has 12 heteroatoms. The van der Waals surface area contributed by atoms with Gasteiger partial charge in [-0.25, -0.2) is 0 Å². The zero-order valence-electron chi connectivity index (χ0n) is 21.0. The predicted octanol–water partition coefficient (Wildman–Crippen LogP) is 3.44. The SMILES string of the molecule is CCOC(=O)C1(C(=O)OCC)C=CCC1.CCOC(=O)C1(C(=O)OCC)CC=CC1.OCC(F)(F)F. The van der Waals surface area contributed by atoms with Crippen LogP contribution in [0.1, 0.15) is 53.4 Å². The highest BCUT2D eigenvalue weighted by Crippen LogP contribution is 2.36. The van der Waals surface area contributed by atoms with Crippen LogP contribution in [0.25, 0.3) is 0 Å². The van der Waals surface area contributed by atoms with E-state index in [1.807, 2.05) is 18.2 Å². The number of halogens is 3. The third-order valence-electron chi connectivity index (χ3n) is 5.00. The number of rotatable bonds is 8. The number of aliphatic hydroxyl groups is 1. The molecule has 0 bridgehead atoms.